The van der Waals surface area contributed by atoms with E-state index in [2.05, 4.69) is 4.98 Å². The van der Waals surface area contributed by atoms with Gasteiger partial charge in [0.25, 0.3) is 5.56 Å². The molecular weight excluding hydrogens is 258 g/mol. The Labute approximate surface area is 115 Å². The van der Waals surface area contributed by atoms with Gasteiger partial charge in [-0.25, -0.2) is 4.98 Å². The molecule has 2 aromatic rings. The highest BCUT2D eigenvalue weighted by molar-refractivity contribution is 5.68. The fourth-order valence-corrected chi connectivity index (χ4v) is 2.51. The van der Waals surface area contributed by atoms with E-state index < -0.39 is 0 Å². The van der Waals surface area contributed by atoms with Crippen molar-refractivity contribution in [1.82, 2.24) is 9.55 Å². The molecule has 1 aliphatic heterocycles. The molecule has 0 amide bonds. The zero-order chi connectivity index (χ0) is 14.3. The van der Waals surface area contributed by atoms with Crippen molar-refractivity contribution in [3.63, 3.8) is 0 Å². The quantitative estimate of drug-likeness (QED) is 0.885. The van der Waals surface area contributed by atoms with Gasteiger partial charge in [0.15, 0.2) is 11.5 Å². The molecule has 20 heavy (non-hydrogen) atoms. The number of aryl methyl sites for hydroxylation is 1. The van der Waals surface area contributed by atoms with Crippen LogP contribution >= 0.6 is 0 Å². The van der Waals surface area contributed by atoms with Gasteiger partial charge in [0.05, 0.1) is 14.2 Å². The Morgan fingerprint density at radius 3 is 2.60 bits per heavy atom. The van der Waals surface area contributed by atoms with Crippen molar-refractivity contribution in [3.8, 4) is 22.9 Å². The van der Waals surface area contributed by atoms with Crippen molar-refractivity contribution < 1.29 is 9.47 Å². The van der Waals surface area contributed by atoms with Crippen LogP contribution in [0.25, 0.3) is 11.4 Å². The average Bonchev–Trinajstić information content (AvgIpc) is 2.45. The Bertz CT molecular complexity index is 737. The number of ether oxygens (including phenoxy) is 2. The van der Waals surface area contributed by atoms with Crippen LogP contribution in [0.3, 0.4) is 0 Å². The lowest BCUT2D eigenvalue weighted by Crippen LogP contribution is -2.27. The largest absolute Gasteiger partial charge is 0.493 e. The Balaban J connectivity index is 2.28. The number of rotatable bonds is 2. The molecule has 0 aliphatic carbocycles. The van der Waals surface area contributed by atoms with Gasteiger partial charge in [0.2, 0.25) is 0 Å². The minimum Gasteiger partial charge on any atom is -0.493 e. The van der Waals surface area contributed by atoms with Crippen LogP contribution < -0.4 is 20.8 Å². The first-order chi connectivity index (χ1) is 9.63. The molecule has 0 spiro atoms. The number of benzene rings is 1. The second-order valence-electron chi connectivity index (χ2n) is 4.61. The van der Waals surface area contributed by atoms with Crippen molar-refractivity contribution in [3.05, 3.63) is 34.1 Å². The van der Waals surface area contributed by atoms with Crippen molar-refractivity contribution >= 4 is 5.82 Å². The Hall–Kier alpha value is -2.50. The summed E-state index contributed by atoms with van der Waals surface area (Å²) in [5, 5.41) is 0. The second kappa shape index (κ2) is 4.56. The number of hydrogen-bond acceptors (Lipinski definition) is 5. The van der Waals surface area contributed by atoms with Gasteiger partial charge in [0, 0.05) is 18.2 Å². The number of hydrogen-bond donors (Lipinski definition) is 1. The number of nitrogen functional groups attached to an aromatic ring is 1. The Morgan fingerprint density at radius 1 is 1.20 bits per heavy atom. The first-order valence-electron chi connectivity index (χ1n) is 6.26. The van der Waals surface area contributed by atoms with Crippen LogP contribution in [0.1, 0.15) is 5.56 Å². The zero-order valence-electron chi connectivity index (χ0n) is 11.3. The van der Waals surface area contributed by atoms with Gasteiger partial charge in [-0.15, -0.1) is 0 Å². The standard InChI is InChI=1S/C14H15N3O3/c1-19-10-5-8-3-4-17-13(18)7-12(15)16-14(17)9(8)6-11(10)20-2/h5-7H,3-4,15H2,1-2H3. The lowest BCUT2D eigenvalue weighted by atomic mass is 9.99. The molecular formula is C14H15N3O3. The molecule has 6 nitrogen and oxygen atoms in total. The van der Waals surface area contributed by atoms with Crippen LogP contribution in [-0.2, 0) is 13.0 Å². The lowest BCUT2D eigenvalue weighted by Gasteiger charge is -2.22. The molecule has 3 rings (SSSR count). The summed E-state index contributed by atoms with van der Waals surface area (Å²) in [6.45, 7) is 0.587. The van der Waals surface area contributed by atoms with E-state index in [1.165, 1.54) is 6.07 Å². The van der Waals surface area contributed by atoms with Crippen LogP contribution in [0.5, 0.6) is 11.5 Å². The fourth-order valence-electron chi connectivity index (χ4n) is 2.51. The Kier molecular flexibility index (Phi) is 2.85. The van der Waals surface area contributed by atoms with Crippen molar-refractivity contribution in [2.45, 2.75) is 13.0 Å². The molecule has 0 fully saturated rings. The van der Waals surface area contributed by atoms with Crippen LogP contribution in [0.15, 0.2) is 23.0 Å². The normalized spacial score (nSPS) is 12.5. The molecule has 1 aliphatic rings. The number of methoxy groups -OCH3 is 2. The Morgan fingerprint density at radius 2 is 1.90 bits per heavy atom. The van der Waals surface area contributed by atoms with Crippen molar-refractivity contribution in [2.75, 3.05) is 20.0 Å². The van der Waals surface area contributed by atoms with E-state index in [1.807, 2.05) is 12.1 Å². The SMILES string of the molecule is COc1cc2c(cc1OC)-c1nc(N)cc(=O)n1CC2. The highest BCUT2D eigenvalue weighted by atomic mass is 16.5. The van der Waals surface area contributed by atoms with Gasteiger partial charge >= 0.3 is 0 Å². The molecule has 2 heterocycles. The van der Waals surface area contributed by atoms with E-state index in [0.29, 0.717) is 23.9 Å². The summed E-state index contributed by atoms with van der Waals surface area (Å²) in [6.07, 6.45) is 0.744. The van der Waals surface area contributed by atoms with Gasteiger partial charge in [-0.3, -0.25) is 9.36 Å². The molecule has 0 unspecified atom stereocenters. The van der Waals surface area contributed by atoms with Crippen LogP contribution in [0.2, 0.25) is 0 Å². The van der Waals surface area contributed by atoms with Crippen molar-refractivity contribution in [1.29, 1.82) is 0 Å². The summed E-state index contributed by atoms with van der Waals surface area (Å²) in [7, 11) is 3.18. The van der Waals surface area contributed by atoms with Gasteiger partial charge in [-0.05, 0) is 24.1 Å². The second-order valence-corrected chi connectivity index (χ2v) is 4.61. The smallest absolute Gasteiger partial charge is 0.255 e. The summed E-state index contributed by atoms with van der Waals surface area (Å²) in [5.74, 6) is 2.09. The number of aromatic nitrogens is 2. The third kappa shape index (κ3) is 1.80. The highest BCUT2D eigenvalue weighted by Gasteiger charge is 2.21. The molecule has 2 N–H and O–H groups in total. The van der Waals surface area contributed by atoms with Gasteiger partial charge < -0.3 is 15.2 Å². The molecule has 1 aromatic heterocycles. The molecule has 0 saturated carbocycles. The van der Waals surface area contributed by atoms with E-state index in [-0.39, 0.29) is 11.4 Å². The highest BCUT2D eigenvalue weighted by Crippen LogP contribution is 2.37. The number of nitrogens with zero attached hydrogens (tertiary/aromatic N) is 2. The summed E-state index contributed by atoms with van der Waals surface area (Å²) >= 11 is 0. The number of anilines is 1. The molecule has 1 aromatic carbocycles. The first kappa shape index (κ1) is 12.5. The number of fused-ring (bicyclic) bond motifs is 3. The summed E-state index contributed by atoms with van der Waals surface area (Å²) in [6, 6.07) is 5.10. The van der Waals surface area contributed by atoms with E-state index in [0.717, 1.165) is 17.5 Å². The maximum absolute atomic E-state index is 12.0. The maximum atomic E-state index is 12.0. The first-order valence-corrected chi connectivity index (χ1v) is 6.26. The van der Waals surface area contributed by atoms with E-state index >= 15 is 0 Å². The molecule has 0 saturated heterocycles. The molecule has 0 bridgehead atoms. The minimum absolute atomic E-state index is 0.132. The maximum Gasteiger partial charge on any atom is 0.255 e. The lowest BCUT2D eigenvalue weighted by molar-refractivity contribution is 0.354. The fraction of sp³-hybridized carbons (Fsp3) is 0.286. The van der Waals surface area contributed by atoms with E-state index in [9.17, 15) is 4.79 Å². The predicted octanol–water partition coefficient (Wildman–Crippen LogP) is 1.07. The van der Waals surface area contributed by atoms with E-state index in [4.69, 9.17) is 15.2 Å². The third-order valence-electron chi connectivity index (χ3n) is 3.48. The van der Waals surface area contributed by atoms with Gasteiger partial charge in [0.1, 0.15) is 11.6 Å². The minimum atomic E-state index is -0.132. The molecule has 104 valence electrons. The summed E-state index contributed by atoms with van der Waals surface area (Å²) in [4.78, 5) is 16.3. The van der Waals surface area contributed by atoms with Crippen LogP contribution in [-0.4, -0.2) is 23.8 Å². The average molecular weight is 273 g/mol. The van der Waals surface area contributed by atoms with Crippen molar-refractivity contribution in [2.24, 2.45) is 0 Å². The van der Waals surface area contributed by atoms with Gasteiger partial charge in [-0.1, -0.05) is 0 Å². The predicted molar refractivity (Wildman–Crippen MR) is 75.2 cm³/mol. The van der Waals surface area contributed by atoms with Crippen LogP contribution in [0.4, 0.5) is 5.82 Å². The summed E-state index contributed by atoms with van der Waals surface area (Å²) < 4.78 is 12.2. The molecule has 0 atom stereocenters. The molecule has 6 heteroatoms. The van der Waals surface area contributed by atoms with Gasteiger partial charge in [-0.2, -0.15) is 0 Å². The number of nitrogens with two attached hydrogens (primary N) is 1. The van der Waals surface area contributed by atoms with E-state index in [1.54, 1.807) is 18.8 Å². The summed E-state index contributed by atoms with van der Waals surface area (Å²) in [5.41, 5.74) is 7.48. The third-order valence-corrected chi connectivity index (χ3v) is 3.48. The topological polar surface area (TPSA) is 79.4 Å². The zero-order valence-corrected chi connectivity index (χ0v) is 11.3. The monoisotopic (exact) mass is 273 g/mol. The van der Waals surface area contributed by atoms with Crippen LogP contribution in [0, 0.1) is 0 Å². The molecule has 0 radical (unpaired) electrons.